The zero-order chi connectivity index (χ0) is 24.3. The number of hydrogen-bond acceptors (Lipinski definition) is 7. The van der Waals surface area contributed by atoms with E-state index in [9.17, 15) is 24.5 Å². The predicted octanol–water partition coefficient (Wildman–Crippen LogP) is 2.13. The van der Waals surface area contributed by atoms with Gasteiger partial charge in [-0.15, -0.1) is 0 Å². The van der Waals surface area contributed by atoms with E-state index in [-0.39, 0.29) is 17.4 Å². The number of carbonyl (C=O) groups is 1. The van der Waals surface area contributed by atoms with Crippen molar-refractivity contribution in [2.75, 3.05) is 13.7 Å². The molecule has 33 heavy (non-hydrogen) atoms. The van der Waals surface area contributed by atoms with Crippen LogP contribution in [-0.4, -0.2) is 65.1 Å². The maximum atomic E-state index is 13.9. The molecular weight excluding hydrogens is 433 g/mol. The number of amides is 1. The number of phenolic OH excluding ortho intramolecular Hbond substituents is 1. The molecule has 0 bridgehead atoms. The van der Waals surface area contributed by atoms with Crippen molar-refractivity contribution in [2.24, 2.45) is 0 Å². The lowest BCUT2D eigenvalue weighted by molar-refractivity contribution is -0.306. The van der Waals surface area contributed by atoms with Crippen LogP contribution in [0.3, 0.4) is 0 Å². The quantitative estimate of drug-likeness (QED) is 0.497. The van der Waals surface area contributed by atoms with Crippen molar-refractivity contribution < 1.29 is 38.7 Å². The van der Waals surface area contributed by atoms with Crippen molar-refractivity contribution in [3.63, 3.8) is 0 Å². The number of hydrogen-bond donors (Lipinski definition) is 4. The number of benzene rings is 2. The fourth-order valence-corrected chi connectivity index (χ4v) is 4.09. The lowest BCUT2D eigenvalue weighted by Crippen LogP contribution is -2.63. The van der Waals surface area contributed by atoms with E-state index < -0.39 is 36.0 Å². The Hall–Kier alpha value is -2.72. The summed E-state index contributed by atoms with van der Waals surface area (Å²) in [6.07, 6.45) is -4.44. The number of nitrogens with one attached hydrogen (secondary N) is 1. The molecule has 2 aromatic rings. The van der Waals surface area contributed by atoms with E-state index in [0.29, 0.717) is 29.7 Å². The highest BCUT2D eigenvalue weighted by Gasteiger charge is 2.50. The summed E-state index contributed by atoms with van der Waals surface area (Å²) in [5, 5.41) is 34.8. The summed E-state index contributed by atoms with van der Waals surface area (Å²) in [6.45, 7) is 5.10. The Balaban J connectivity index is 1.96. The van der Waals surface area contributed by atoms with Crippen molar-refractivity contribution in [1.82, 2.24) is 5.32 Å². The third kappa shape index (κ3) is 5.44. The van der Waals surface area contributed by atoms with Crippen LogP contribution < -0.4 is 10.1 Å². The number of methoxy groups -OCH3 is 1. The normalized spacial score (nSPS) is 24.3. The Morgan fingerprint density at radius 2 is 1.94 bits per heavy atom. The molecule has 4 N–H and O–H groups in total. The van der Waals surface area contributed by atoms with Crippen molar-refractivity contribution >= 4 is 5.91 Å². The highest BCUT2D eigenvalue weighted by atomic mass is 19.1. The Morgan fingerprint density at radius 1 is 1.21 bits per heavy atom. The van der Waals surface area contributed by atoms with Gasteiger partial charge in [0.15, 0.2) is 11.5 Å². The first kappa shape index (κ1) is 24.9. The SMILES string of the molecule is COC1[C@@H](O)[C@@H](O)[C@H](Oc2ccc(CCNC(C)=O)c(-c3cccc(F)c3)c2O)OC1(C)C. The molecule has 1 unspecified atom stereocenters. The van der Waals surface area contributed by atoms with Crippen molar-refractivity contribution in [3.05, 3.63) is 47.8 Å². The second-order valence-electron chi connectivity index (χ2n) is 8.53. The van der Waals surface area contributed by atoms with Crippen LogP contribution >= 0.6 is 0 Å². The highest BCUT2D eigenvalue weighted by Crippen LogP contribution is 2.42. The minimum atomic E-state index is -1.44. The molecule has 1 heterocycles. The molecule has 4 atom stereocenters. The van der Waals surface area contributed by atoms with Crippen LogP contribution in [0.4, 0.5) is 4.39 Å². The molecule has 0 aromatic heterocycles. The smallest absolute Gasteiger partial charge is 0.229 e. The van der Waals surface area contributed by atoms with E-state index in [1.54, 1.807) is 26.0 Å². The van der Waals surface area contributed by atoms with Gasteiger partial charge in [-0.05, 0) is 49.6 Å². The molecule has 0 spiro atoms. The van der Waals surface area contributed by atoms with Crippen LogP contribution in [0.1, 0.15) is 26.3 Å². The van der Waals surface area contributed by atoms with E-state index >= 15 is 0 Å². The van der Waals surface area contributed by atoms with E-state index in [1.807, 2.05) is 0 Å². The zero-order valence-corrected chi connectivity index (χ0v) is 19.0. The first-order valence-corrected chi connectivity index (χ1v) is 10.6. The molecule has 1 amide bonds. The molecule has 0 radical (unpaired) electrons. The van der Waals surface area contributed by atoms with Crippen LogP contribution in [-0.2, 0) is 20.7 Å². The van der Waals surface area contributed by atoms with Crippen molar-refractivity contribution in [2.45, 2.75) is 57.4 Å². The number of halogens is 1. The van der Waals surface area contributed by atoms with Gasteiger partial charge in [-0.1, -0.05) is 18.2 Å². The van der Waals surface area contributed by atoms with Crippen molar-refractivity contribution in [1.29, 1.82) is 0 Å². The Labute approximate surface area is 191 Å². The summed E-state index contributed by atoms with van der Waals surface area (Å²) in [4.78, 5) is 11.2. The van der Waals surface area contributed by atoms with Gasteiger partial charge in [-0.3, -0.25) is 4.79 Å². The third-order valence-electron chi connectivity index (χ3n) is 5.65. The van der Waals surface area contributed by atoms with Crippen molar-refractivity contribution in [3.8, 4) is 22.6 Å². The summed E-state index contributed by atoms with van der Waals surface area (Å²) in [5.74, 6) is -0.962. The summed E-state index contributed by atoms with van der Waals surface area (Å²) < 4.78 is 30.8. The fraction of sp³-hybridized carbons (Fsp3) is 0.458. The van der Waals surface area contributed by atoms with Crippen LogP contribution in [0.15, 0.2) is 36.4 Å². The van der Waals surface area contributed by atoms with E-state index in [2.05, 4.69) is 5.32 Å². The predicted molar refractivity (Wildman–Crippen MR) is 118 cm³/mol. The Bertz CT molecular complexity index is 997. The third-order valence-corrected chi connectivity index (χ3v) is 5.65. The van der Waals surface area contributed by atoms with E-state index in [1.165, 1.54) is 38.3 Å². The van der Waals surface area contributed by atoms with Gasteiger partial charge in [-0.2, -0.15) is 0 Å². The van der Waals surface area contributed by atoms with Gasteiger partial charge >= 0.3 is 0 Å². The molecule has 0 saturated carbocycles. The Morgan fingerprint density at radius 3 is 2.58 bits per heavy atom. The largest absolute Gasteiger partial charge is 0.504 e. The van der Waals surface area contributed by atoms with Gasteiger partial charge in [0.05, 0.1) is 5.60 Å². The molecule has 2 aromatic carbocycles. The first-order chi connectivity index (χ1) is 15.5. The topological polar surface area (TPSA) is 117 Å². The molecule has 1 aliphatic heterocycles. The summed E-state index contributed by atoms with van der Waals surface area (Å²) in [6, 6.07) is 8.92. The molecule has 3 rings (SSSR count). The van der Waals surface area contributed by atoms with E-state index in [0.717, 1.165) is 0 Å². The molecule has 180 valence electrons. The molecule has 1 fully saturated rings. The number of rotatable bonds is 7. The number of aromatic hydroxyl groups is 1. The van der Waals surface area contributed by atoms with Crippen LogP contribution in [0.5, 0.6) is 11.5 Å². The number of aliphatic hydroxyl groups is 2. The van der Waals surface area contributed by atoms with Crippen LogP contribution in [0.2, 0.25) is 0 Å². The van der Waals surface area contributed by atoms with Crippen LogP contribution in [0, 0.1) is 5.82 Å². The minimum Gasteiger partial charge on any atom is -0.504 e. The van der Waals surface area contributed by atoms with Gasteiger partial charge in [-0.25, -0.2) is 4.39 Å². The number of aliphatic hydroxyl groups excluding tert-OH is 2. The molecule has 1 aliphatic rings. The second kappa shape index (κ2) is 10.0. The lowest BCUT2D eigenvalue weighted by atomic mass is 9.89. The second-order valence-corrected chi connectivity index (χ2v) is 8.53. The van der Waals surface area contributed by atoms with Gasteiger partial charge in [0.2, 0.25) is 12.2 Å². The number of carbonyl (C=O) groups excluding carboxylic acids is 1. The number of phenols is 1. The first-order valence-electron chi connectivity index (χ1n) is 10.6. The zero-order valence-electron chi connectivity index (χ0n) is 19.0. The lowest BCUT2D eigenvalue weighted by Gasteiger charge is -2.46. The van der Waals surface area contributed by atoms with Crippen LogP contribution in [0.25, 0.3) is 11.1 Å². The molecule has 0 aliphatic carbocycles. The molecule has 1 saturated heterocycles. The molecule has 8 nitrogen and oxygen atoms in total. The highest BCUT2D eigenvalue weighted by molar-refractivity contribution is 5.77. The minimum absolute atomic E-state index is 0.0135. The summed E-state index contributed by atoms with van der Waals surface area (Å²) in [7, 11) is 1.41. The van der Waals surface area contributed by atoms with Gasteiger partial charge in [0.1, 0.15) is 24.1 Å². The van der Waals surface area contributed by atoms with Gasteiger partial charge in [0, 0.05) is 26.1 Å². The monoisotopic (exact) mass is 463 g/mol. The standard InChI is InChI=1S/C24H30FNO7/c1-13(27)26-11-10-14-8-9-17(19(28)18(14)15-6-5-7-16(25)12-15)32-23-21(30)20(29)22(31-4)24(2,3)33-23/h5-9,12,20-23,28-30H,10-11H2,1-4H3,(H,26,27)/t20-,21+,22?,23+/m0/s1. The maximum absolute atomic E-state index is 13.9. The van der Waals surface area contributed by atoms with Gasteiger partial charge < -0.3 is 34.8 Å². The molecule has 9 heteroatoms. The fourth-order valence-electron chi connectivity index (χ4n) is 4.09. The average molecular weight is 464 g/mol. The summed E-state index contributed by atoms with van der Waals surface area (Å²) >= 11 is 0. The Kier molecular flexibility index (Phi) is 7.58. The number of ether oxygens (including phenoxy) is 3. The molecular formula is C24H30FNO7. The van der Waals surface area contributed by atoms with Gasteiger partial charge in [0.25, 0.3) is 0 Å². The van der Waals surface area contributed by atoms with E-state index in [4.69, 9.17) is 14.2 Å². The summed E-state index contributed by atoms with van der Waals surface area (Å²) in [5.41, 5.74) is 0.416. The maximum Gasteiger partial charge on any atom is 0.229 e. The average Bonchev–Trinajstić information content (AvgIpc) is 2.73.